The Bertz CT molecular complexity index is 2420. The molecule has 1 fully saturated rings. The van der Waals surface area contributed by atoms with Crippen molar-refractivity contribution < 1.29 is 63.0 Å². The van der Waals surface area contributed by atoms with Crippen molar-refractivity contribution in [1.82, 2.24) is 53.2 Å². The van der Waals surface area contributed by atoms with Gasteiger partial charge in [0, 0.05) is 54.6 Å². The number of rotatable bonds is 29. The van der Waals surface area contributed by atoms with Crippen LogP contribution < -0.4 is 81.8 Å². The fraction of sp³-hybridized carbons (Fsp3) is 0.702. The molecule has 0 saturated carbocycles. The molecule has 0 bridgehead atoms. The number of carbonyl (C=O) groups excluding carboxylic acids is 10. The minimum atomic E-state index is -1.72. The van der Waals surface area contributed by atoms with Crippen molar-refractivity contribution in [2.75, 3.05) is 18.1 Å². The summed E-state index contributed by atoms with van der Waals surface area (Å²) in [7, 11) is 1.67. The highest BCUT2D eigenvalue weighted by Crippen LogP contribution is 2.24. The van der Waals surface area contributed by atoms with Crippen LogP contribution in [0.15, 0.2) is 24.3 Å². The van der Waals surface area contributed by atoms with Crippen LogP contribution in [0.1, 0.15) is 137 Å². The number of aliphatic carboxylic acids is 1. The Labute approximate surface area is 518 Å². The molecule has 5 unspecified atom stereocenters. The van der Waals surface area contributed by atoms with Crippen LogP contribution in [0.4, 0.5) is 0 Å². The zero-order valence-corrected chi connectivity index (χ0v) is 53.4. The highest BCUT2D eigenvalue weighted by molar-refractivity contribution is 8.76. The quantitative estimate of drug-likeness (QED) is 0.0288. The summed E-state index contributed by atoms with van der Waals surface area (Å²) in [5.74, 6) is -11.1. The van der Waals surface area contributed by atoms with Gasteiger partial charge >= 0.3 is 5.97 Å². The van der Waals surface area contributed by atoms with E-state index in [1.807, 2.05) is 13.8 Å². The molecule has 16 atom stereocenters. The number of Topliss-reactive ketones (excluding diaryl/α,β-unsaturated/α-hetero) is 1. The van der Waals surface area contributed by atoms with E-state index in [9.17, 15) is 63.0 Å². The molecule has 0 aromatic heterocycles. The lowest BCUT2D eigenvalue weighted by atomic mass is 10.0. The Kier molecular flexibility index (Phi) is 35.3. The van der Waals surface area contributed by atoms with E-state index in [-0.39, 0.29) is 37.3 Å². The number of aliphatic hydroxyl groups is 1. The molecule has 1 heterocycles. The summed E-state index contributed by atoms with van der Waals surface area (Å²) in [5.41, 5.74) is 32.6. The molecule has 492 valence electrons. The lowest BCUT2D eigenvalue weighted by Crippen LogP contribution is -2.65. The van der Waals surface area contributed by atoms with Crippen molar-refractivity contribution in [2.24, 2.45) is 28.7 Å². The van der Waals surface area contributed by atoms with Gasteiger partial charge in [0.1, 0.15) is 66.2 Å². The van der Waals surface area contributed by atoms with Crippen molar-refractivity contribution >= 4 is 86.5 Å². The SMILES string of the molecule is CCCCCCCCCC(=O)CN[C@H](C(=O)N[C@H](C(=O)N[C@H](C(=O)N[C@H]1CSSC[C@@H](C(=O)O)NC(=O)[C@H](C(C)N)NC(=O)[C@H](C(C)N)NC(=O)[C@H](CCCC)NC(=O)[C@H](Cc2ccc(C)cc2)NC(=O)[C@H](C(C)N)NC1=O)C(C)N)[C@@H](C)O)C(C)N. The number of benzene rings is 1. The molecule has 22 N–H and O–H groups in total. The van der Waals surface area contributed by atoms with Gasteiger partial charge < -0.3 is 86.7 Å². The number of carbonyl (C=O) groups is 11. The van der Waals surface area contributed by atoms with E-state index in [0.29, 0.717) is 24.8 Å². The number of carboxylic acid groups (broad SMARTS) is 1. The standard InChI is InChI=1S/C57H99N15O13S2/c1-10-12-14-15-16-17-18-19-37(74)26-63-42(30(4)58)51(78)72-47(35(9)73)56(83)71-44(32(6)60)53(80)66-40-27-86-87-28-41(57(84)85)67-54(81)45(33(7)61)70-55(82)46(34(8)62)68-48(75)38(20-13-11-2)64-49(76)39(25-36-23-21-29(3)22-24-36)65-52(79)43(31(5)59)69-50(40)77/h21-24,30-35,38-47,63,73H,10-20,25-28,58-62H2,1-9H3,(H,64,76)(H,65,79)(H,66,80)(H,67,81)(H,68,75)(H,69,77)(H,70,82)(H,71,83)(H,72,78)(H,84,85)/t30?,31?,32?,33?,34?,35-,38+,39+,40+,41+,42+,43+,44+,45+,46+,47+/m1/s1. The summed E-state index contributed by atoms with van der Waals surface area (Å²) in [6.45, 7) is 13.9. The maximum atomic E-state index is 14.6. The van der Waals surface area contributed by atoms with Crippen LogP contribution in [0.5, 0.6) is 0 Å². The van der Waals surface area contributed by atoms with Crippen LogP contribution in [-0.2, 0) is 59.2 Å². The lowest BCUT2D eigenvalue weighted by molar-refractivity contribution is -0.141. The van der Waals surface area contributed by atoms with Crippen molar-refractivity contribution in [2.45, 2.75) is 236 Å². The third-order valence-corrected chi connectivity index (χ3v) is 16.8. The average molecular weight is 1270 g/mol. The number of aryl methyl sites for hydroxylation is 1. The van der Waals surface area contributed by atoms with Crippen LogP contribution in [0.25, 0.3) is 0 Å². The van der Waals surface area contributed by atoms with Gasteiger partial charge in [0.25, 0.3) is 0 Å². The summed E-state index contributed by atoms with van der Waals surface area (Å²) in [5, 5.41) is 46.6. The van der Waals surface area contributed by atoms with Gasteiger partial charge in [0.15, 0.2) is 0 Å². The van der Waals surface area contributed by atoms with Gasteiger partial charge in [-0.3, -0.25) is 53.3 Å². The number of aliphatic hydroxyl groups excluding tert-OH is 1. The number of ketones is 1. The van der Waals surface area contributed by atoms with Gasteiger partial charge in [-0.1, -0.05) is 117 Å². The number of hydrogen-bond acceptors (Lipinski definition) is 20. The number of nitrogens with one attached hydrogen (secondary N) is 10. The predicted octanol–water partition coefficient (Wildman–Crippen LogP) is -2.64. The largest absolute Gasteiger partial charge is 0.480 e. The molecule has 30 heteroatoms. The lowest BCUT2D eigenvalue weighted by Gasteiger charge is -2.30. The molecule has 1 aromatic carbocycles. The normalized spacial score (nSPS) is 23.8. The van der Waals surface area contributed by atoms with E-state index >= 15 is 0 Å². The van der Waals surface area contributed by atoms with Crippen LogP contribution in [0, 0.1) is 6.92 Å². The van der Waals surface area contributed by atoms with Crippen LogP contribution >= 0.6 is 21.6 Å². The molecular formula is C57H99N15O13S2. The van der Waals surface area contributed by atoms with Gasteiger partial charge in [-0.15, -0.1) is 0 Å². The number of unbranched alkanes of at least 4 members (excludes halogenated alkanes) is 7. The van der Waals surface area contributed by atoms with Crippen molar-refractivity contribution in [1.29, 1.82) is 0 Å². The van der Waals surface area contributed by atoms with E-state index in [1.54, 1.807) is 24.3 Å². The molecule has 9 amide bonds. The zero-order chi connectivity index (χ0) is 65.7. The predicted molar refractivity (Wildman–Crippen MR) is 334 cm³/mol. The first-order valence-corrected chi connectivity index (χ1v) is 32.4. The molecule has 0 aliphatic carbocycles. The molecule has 1 saturated heterocycles. The van der Waals surface area contributed by atoms with E-state index in [0.717, 1.165) is 65.7 Å². The molecule has 87 heavy (non-hydrogen) atoms. The molecule has 0 spiro atoms. The maximum Gasteiger partial charge on any atom is 0.327 e. The third-order valence-electron chi connectivity index (χ3n) is 14.3. The Balaban J connectivity index is 2.63. The highest BCUT2D eigenvalue weighted by atomic mass is 33.1. The minimum Gasteiger partial charge on any atom is -0.480 e. The smallest absolute Gasteiger partial charge is 0.327 e. The van der Waals surface area contributed by atoms with Crippen molar-refractivity contribution in [3.8, 4) is 0 Å². The number of nitrogens with two attached hydrogens (primary N) is 5. The zero-order valence-electron chi connectivity index (χ0n) is 51.7. The fourth-order valence-electron chi connectivity index (χ4n) is 8.99. The summed E-state index contributed by atoms with van der Waals surface area (Å²) in [6, 6.07) is -13.8. The molecule has 1 aliphatic rings. The average Bonchev–Trinajstić information content (AvgIpc) is 2.90. The number of amides is 9. The second kappa shape index (κ2) is 39.8. The Morgan fingerprint density at radius 1 is 0.563 bits per heavy atom. The van der Waals surface area contributed by atoms with E-state index in [4.69, 9.17) is 28.7 Å². The molecular weight excluding hydrogens is 1170 g/mol. The van der Waals surface area contributed by atoms with Gasteiger partial charge in [-0.2, -0.15) is 0 Å². The molecule has 1 aromatic rings. The minimum absolute atomic E-state index is 0.0522. The molecule has 1 aliphatic heterocycles. The first-order valence-electron chi connectivity index (χ1n) is 29.9. The monoisotopic (exact) mass is 1270 g/mol. The van der Waals surface area contributed by atoms with Gasteiger partial charge in [-0.05, 0) is 66.9 Å². The first kappa shape index (κ1) is 77.1. The van der Waals surface area contributed by atoms with Crippen LogP contribution in [-0.4, -0.2) is 190 Å². The number of carboxylic acids is 1. The van der Waals surface area contributed by atoms with E-state index in [2.05, 4.69) is 60.1 Å². The third kappa shape index (κ3) is 27.5. The summed E-state index contributed by atoms with van der Waals surface area (Å²) in [6.07, 6.45) is 6.66. The van der Waals surface area contributed by atoms with Gasteiger partial charge in [0.2, 0.25) is 53.2 Å². The van der Waals surface area contributed by atoms with Gasteiger partial charge in [-0.25, -0.2) is 4.79 Å². The Hall–Kier alpha value is -5.99. The fourth-order valence-corrected chi connectivity index (χ4v) is 11.3. The maximum absolute atomic E-state index is 14.6. The topological polar surface area (TPSA) is 479 Å². The van der Waals surface area contributed by atoms with E-state index < -0.39 is 162 Å². The summed E-state index contributed by atoms with van der Waals surface area (Å²) >= 11 is 0. The second-order valence-electron chi connectivity index (χ2n) is 22.7. The van der Waals surface area contributed by atoms with Gasteiger partial charge in [0.05, 0.1) is 12.6 Å². The van der Waals surface area contributed by atoms with Crippen LogP contribution in [0.3, 0.4) is 0 Å². The molecule has 0 radical (unpaired) electrons. The highest BCUT2D eigenvalue weighted by Gasteiger charge is 2.39. The number of hydrogen-bond donors (Lipinski definition) is 17. The summed E-state index contributed by atoms with van der Waals surface area (Å²) in [4.78, 5) is 153. The molecule has 28 nitrogen and oxygen atoms in total. The Morgan fingerprint density at radius 2 is 1.02 bits per heavy atom. The van der Waals surface area contributed by atoms with Crippen molar-refractivity contribution in [3.63, 3.8) is 0 Å². The first-order chi connectivity index (χ1) is 40.9. The molecule has 2 rings (SSSR count). The van der Waals surface area contributed by atoms with Crippen LogP contribution in [0.2, 0.25) is 0 Å². The Morgan fingerprint density at radius 3 is 1.55 bits per heavy atom. The summed E-state index contributed by atoms with van der Waals surface area (Å²) < 4.78 is 0. The second-order valence-corrected chi connectivity index (χ2v) is 25.3. The van der Waals surface area contributed by atoms with Crippen molar-refractivity contribution in [3.05, 3.63) is 35.4 Å². The van der Waals surface area contributed by atoms with E-state index in [1.165, 1.54) is 41.5 Å².